The molecular weight excluding hydrogens is 400 g/mol. The number of alkyl halides is 2. The van der Waals surface area contributed by atoms with Gasteiger partial charge in [-0.15, -0.1) is 0 Å². The Bertz CT molecular complexity index is 965. The second-order valence-corrected chi connectivity index (χ2v) is 7.96. The first kappa shape index (κ1) is 20.1. The molecule has 1 N–H and O–H groups in total. The summed E-state index contributed by atoms with van der Waals surface area (Å²) in [6.45, 7) is 2.80. The van der Waals surface area contributed by atoms with E-state index >= 15 is 8.78 Å². The zero-order valence-electron chi connectivity index (χ0n) is 16.1. The molecule has 1 unspecified atom stereocenters. The van der Waals surface area contributed by atoms with Crippen molar-refractivity contribution in [3.8, 4) is 0 Å². The van der Waals surface area contributed by atoms with E-state index in [2.05, 4.69) is 0 Å². The predicted molar refractivity (Wildman–Crippen MR) is 106 cm³/mol. The Morgan fingerprint density at radius 2 is 1.93 bits per heavy atom. The Morgan fingerprint density at radius 1 is 1.21 bits per heavy atom. The highest BCUT2D eigenvalue weighted by Gasteiger charge is 2.61. The van der Waals surface area contributed by atoms with Gasteiger partial charge in [0.05, 0.1) is 6.61 Å². The van der Waals surface area contributed by atoms with E-state index in [0.29, 0.717) is 37.1 Å². The first-order valence-corrected chi connectivity index (χ1v) is 10.1. The van der Waals surface area contributed by atoms with E-state index in [9.17, 15) is 9.90 Å². The number of nitrogens with zero attached hydrogens (tertiary/aromatic N) is 1. The number of carbonyl (C=O) groups excluding carboxylic acids is 1. The summed E-state index contributed by atoms with van der Waals surface area (Å²) in [7, 11) is 0. The van der Waals surface area contributed by atoms with Crippen molar-refractivity contribution in [2.45, 2.75) is 37.7 Å². The van der Waals surface area contributed by atoms with Crippen molar-refractivity contribution in [3.63, 3.8) is 0 Å². The molecule has 0 aromatic heterocycles. The predicted octanol–water partition coefficient (Wildman–Crippen LogP) is 4.32. The van der Waals surface area contributed by atoms with Crippen molar-refractivity contribution in [2.24, 2.45) is 0 Å². The lowest BCUT2D eigenvalue weighted by Crippen LogP contribution is -2.43. The Morgan fingerprint density at radius 3 is 2.66 bits per heavy atom. The van der Waals surface area contributed by atoms with Gasteiger partial charge in [0.1, 0.15) is 0 Å². The molecule has 0 saturated carbocycles. The fourth-order valence-corrected chi connectivity index (χ4v) is 4.68. The quantitative estimate of drug-likeness (QED) is 0.785. The van der Waals surface area contributed by atoms with Crippen molar-refractivity contribution in [1.82, 2.24) is 4.90 Å². The topological polar surface area (TPSA) is 49.8 Å². The molecule has 154 valence electrons. The monoisotopic (exact) mass is 421 g/mol. The maximum atomic E-state index is 15.2. The van der Waals surface area contributed by atoms with Gasteiger partial charge >= 0.3 is 6.09 Å². The van der Waals surface area contributed by atoms with E-state index in [1.54, 1.807) is 30.0 Å². The van der Waals surface area contributed by atoms with Crippen LogP contribution in [0.5, 0.6) is 0 Å². The standard InChI is InChI=1S/C22H22ClF2NO3/c1-2-29-20(27)26-10-8-14-6-7-15-13-21(24,25)22(28,19(15)18(14)9-11-26)16-4-3-5-17(23)12-16/h3-7,12,28H,2,8-11,13H2,1H3. The summed E-state index contributed by atoms with van der Waals surface area (Å²) >= 11 is 6.04. The van der Waals surface area contributed by atoms with Gasteiger partial charge in [0.2, 0.25) is 0 Å². The van der Waals surface area contributed by atoms with Crippen LogP contribution in [0.1, 0.15) is 34.7 Å². The molecule has 0 radical (unpaired) electrons. The highest BCUT2D eigenvalue weighted by Crippen LogP contribution is 2.54. The Hall–Kier alpha value is -2.18. The minimum Gasteiger partial charge on any atom is -0.450 e. The van der Waals surface area contributed by atoms with E-state index in [1.165, 1.54) is 12.1 Å². The second-order valence-electron chi connectivity index (χ2n) is 7.53. The fraction of sp³-hybridized carbons (Fsp3) is 0.409. The van der Waals surface area contributed by atoms with Gasteiger partial charge in [0, 0.05) is 30.1 Å². The maximum Gasteiger partial charge on any atom is 0.409 e. The van der Waals surface area contributed by atoms with Crippen molar-refractivity contribution in [3.05, 3.63) is 69.2 Å². The van der Waals surface area contributed by atoms with Crippen molar-refractivity contribution >= 4 is 17.7 Å². The summed E-state index contributed by atoms with van der Waals surface area (Å²) in [4.78, 5) is 13.7. The van der Waals surface area contributed by atoms with Gasteiger partial charge in [-0.25, -0.2) is 13.6 Å². The molecule has 2 aromatic rings. The van der Waals surface area contributed by atoms with Crippen LogP contribution in [0.15, 0.2) is 36.4 Å². The average Bonchev–Trinajstić information content (AvgIpc) is 2.81. The Kier molecular flexibility index (Phi) is 5.03. The number of halogens is 3. The summed E-state index contributed by atoms with van der Waals surface area (Å²) in [6, 6.07) is 9.54. The largest absolute Gasteiger partial charge is 0.450 e. The average molecular weight is 422 g/mol. The van der Waals surface area contributed by atoms with Crippen LogP contribution in [-0.2, 0) is 29.6 Å². The van der Waals surface area contributed by atoms with Crippen LogP contribution in [0.4, 0.5) is 13.6 Å². The van der Waals surface area contributed by atoms with Crippen LogP contribution < -0.4 is 0 Å². The third kappa shape index (κ3) is 3.19. The molecular formula is C22H22ClF2NO3. The van der Waals surface area contributed by atoms with Gasteiger partial charge in [-0.05, 0) is 54.2 Å². The lowest BCUT2D eigenvalue weighted by atomic mass is 9.81. The summed E-state index contributed by atoms with van der Waals surface area (Å²) in [5.41, 5.74) is -0.136. The van der Waals surface area contributed by atoms with E-state index in [-0.39, 0.29) is 22.8 Å². The number of benzene rings is 2. The first-order valence-electron chi connectivity index (χ1n) is 9.70. The molecule has 4 nitrogen and oxygen atoms in total. The molecule has 0 bridgehead atoms. The van der Waals surface area contributed by atoms with Gasteiger partial charge in [-0.1, -0.05) is 35.9 Å². The van der Waals surface area contributed by atoms with E-state index in [4.69, 9.17) is 16.3 Å². The minimum atomic E-state index is -3.37. The number of carbonyl (C=O) groups is 1. The van der Waals surface area contributed by atoms with Gasteiger partial charge in [0.25, 0.3) is 5.92 Å². The van der Waals surface area contributed by atoms with E-state index in [0.717, 1.165) is 5.56 Å². The Balaban J connectivity index is 1.81. The molecule has 0 saturated heterocycles. The number of ether oxygens (including phenoxy) is 1. The third-order valence-corrected chi connectivity index (χ3v) is 6.09. The zero-order chi connectivity index (χ0) is 20.8. The SMILES string of the molecule is CCOC(=O)N1CCc2ccc3c(c2CC1)C(O)(c1cccc(Cl)c1)C(F)(F)C3. The lowest BCUT2D eigenvalue weighted by molar-refractivity contribution is -0.150. The summed E-state index contributed by atoms with van der Waals surface area (Å²) < 4.78 is 35.5. The molecule has 0 spiro atoms. The van der Waals surface area contributed by atoms with Crippen molar-refractivity contribution < 1.29 is 23.4 Å². The summed E-state index contributed by atoms with van der Waals surface area (Å²) in [6.07, 6.45) is -0.0674. The number of hydrogen-bond acceptors (Lipinski definition) is 3. The molecule has 1 aliphatic heterocycles. The van der Waals surface area contributed by atoms with Crippen molar-refractivity contribution in [1.29, 1.82) is 0 Å². The number of aliphatic hydroxyl groups is 1. The molecule has 7 heteroatoms. The van der Waals surface area contributed by atoms with E-state index < -0.39 is 24.0 Å². The number of hydrogen-bond donors (Lipinski definition) is 1. The third-order valence-electron chi connectivity index (χ3n) is 5.85. The molecule has 1 atom stereocenters. The van der Waals surface area contributed by atoms with Crippen LogP contribution in [0, 0.1) is 0 Å². The summed E-state index contributed by atoms with van der Waals surface area (Å²) in [5.74, 6) is -3.37. The smallest absolute Gasteiger partial charge is 0.409 e. The van der Waals surface area contributed by atoms with Crippen molar-refractivity contribution in [2.75, 3.05) is 19.7 Å². The molecule has 29 heavy (non-hydrogen) atoms. The Labute approximate surface area is 173 Å². The number of fused-ring (bicyclic) bond motifs is 3. The van der Waals surface area contributed by atoms with Crippen LogP contribution >= 0.6 is 11.6 Å². The molecule has 0 fully saturated rings. The van der Waals surface area contributed by atoms with Gasteiger partial charge in [-0.3, -0.25) is 0 Å². The molecule has 2 aromatic carbocycles. The normalized spacial score (nSPS) is 22.6. The number of rotatable bonds is 2. The van der Waals surface area contributed by atoms with Crippen LogP contribution in [-0.4, -0.2) is 41.7 Å². The first-order chi connectivity index (χ1) is 13.8. The fourth-order valence-electron chi connectivity index (χ4n) is 4.49. The molecule has 1 aliphatic carbocycles. The van der Waals surface area contributed by atoms with Crippen LogP contribution in [0.25, 0.3) is 0 Å². The van der Waals surface area contributed by atoms with Crippen LogP contribution in [0.3, 0.4) is 0 Å². The molecule has 4 rings (SSSR count). The van der Waals surface area contributed by atoms with E-state index in [1.807, 2.05) is 6.07 Å². The number of amides is 1. The molecule has 1 amide bonds. The van der Waals surface area contributed by atoms with Crippen LogP contribution in [0.2, 0.25) is 5.02 Å². The second kappa shape index (κ2) is 7.26. The summed E-state index contributed by atoms with van der Waals surface area (Å²) in [5, 5.41) is 11.7. The molecule has 1 heterocycles. The zero-order valence-corrected chi connectivity index (χ0v) is 16.8. The highest BCUT2D eigenvalue weighted by atomic mass is 35.5. The van der Waals surface area contributed by atoms with Gasteiger partial charge in [-0.2, -0.15) is 0 Å². The maximum absolute atomic E-state index is 15.2. The minimum absolute atomic E-state index is 0.0774. The molecule has 2 aliphatic rings. The highest BCUT2D eigenvalue weighted by molar-refractivity contribution is 6.30. The van der Waals surface area contributed by atoms with Gasteiger partial charge < -0.3 is 14.7 Å². The lowest BCUT2D eigenvalue weighted by Gasteiger charge is -2.33. The van der Waals surface area contributed by atoms with Gasteiger partial charge in [0.15, 0.2) is 5.60 Å².